The quantitative estimate of drug-likeness (QED) is 0.178. The molecular weight excluding hydrogens is 705 g/mol. The van der Waals surface area contributed by atoms with Crippen LogP contribution in [0.15, 0.2) is 0 Å². The van der Waals surface area contributed by atoms with Crippen LogP contribution < -0.4 is 0 Å². The highest BCUT2D eigenvalue weighted by Crippen LogP contribution is 2.47. The molecule has 0 aromatic rings. The summed E-state index contributed by atoms with van der Waals surface area (Å²) in [6.45, 7) is 43.6. The van der Waals surface area contributed by atoms with Gasteiger partial charge in [-0.25, -0.2) is 0 Å². The molecule has 2 aliphatic rings. The van der Waals surface area contributed by atoms with Crippen LogP contribution in [-0.2, 0) is 36.7 Å². The van der Waals surface area contributed by atoms with E-state index in [9.17, 15) is 10.2 Å². The number of aliphatic hydroxyl groups is 2. The van der Waals surface area contributed by atoms with Gasteiger partial charge >= 0.3 is 0 Å². The Balaban J connectivity index is 2.68. The van der Waals surface area contributed by atoms with Crippen molar-refractivity contribution in [2.24, 2.45) is 0 Å². The first kappa shape index (κ1) is 46.6. The van der Waals surface area contributed by atoms with Crippen LogP contribution in [0.25, 0.3) is 0 Å². The average molecular weight is 783 g/mol. The van der Waals surface area contributed by atoms with Gasteiger partial charge in [0.25, 0.3) is 0 Å². The molecule has 2 fully saturated rings. The van der Waals surface area contributed by atoms with Crippen molar-refractivity contribution in [1.82, 2.24) is 0 Å². The van der Waals surface area contributed by atoms with Gasteiger partial charge in [-0.1, -0.05) is 83.1 Å². The van der Waals surface area contributed by atoms with Crippen molar-refractivity contribution in [3.05, 3.63) is 0 Å². The molecule has 298 valence electrons. The van der Waals surface area contributed by atoms with Crippen molar-refractivity contribution < 1.29 is 46.9 Å². The highest BCUT2D eigenvalue weighted by atomic mass is 28.4. The Morgan fingerprint density at radius 2 is 0.620 bits per heavy atom. The number of hydrogen-bond acceptors (Lipinski definition) is 10. The fraction of sp³-hybridized carbons (Fsp3) is 1.00. The number of ether oxygens (including phenoxy) is 4. The highest BCUT2D eigenvalue weighted by Gasteiger charge is 2.61. The molecule has 50 heavy (non-hydrogen) atoms. The van der Waals surface area contributed by atoms with Crippen molar-refractivity contribution in [2.45, 2.75) is 217 Å². The smallest absolute Gasteiger partial charge is 0.192 e. The molecule has 0 saturated carbocycles. The van der Waals surface area contributed by atoms with Gasteiger partial charge in [-0.3, -0.25) is 0 Å². The van der Waals surface area contributed by atoms with E-state index in [4.69, 9.17) is 36.7 Å². The SMILES string of the molecule is CO[C@H]1O[C@H]([C@H](O)[C@H](O)[C@H]2O[C@H](OC)[C@@H](O[Si](C)(C)C(C)(C)C)[C@H]2O[Si](C)(C)C(C)(C)C)[C@H](O[Si](C)(C)C(C)(C)C)[C@@H]1O[Si](C)(C)C(C)(C)C. The van der Waals surface area contributed by atoms with Crippen LogP contribution >= 0.6 is 0 Å². The average Bonchev–Trinajstić information content (AvgIpc) is 3.41. The minimum atomic E-state index is -2.45. The van der Waals surface area contributed by atoms with E-state index in [1.165, 1.54) is 0 Å². The summed E-state index contributed by atoms with van der Waals surface area (Å²) in [7, 11) is -6.46. The molecule has 0 aliphatic carbocycles. The third kappa shape index (κ3) is 10.0. The predicted octanol–water partition coefficient (Wildman–Crippen LogP) is 8.01. The van der Waals surface area contributed by atoms with Gasteiger partial charge in [0.1, 0.15) is 48.8 Å². The van der Waals surface area contributed by atoms with E-state index in [0.29, 0.717) is 0 Å². The lowest BCUT2D eigenvalue weighted by Crippen LogP contribution is -2.59. The van der Waals surface area contributed by atoms with E-state index < -0.39 is 94.7 Å². The van der Waals surface area contributed by atoms with Crippen LogP contribution in [0.5, 0.6) is 0 Å². The summed E-state index contributed by atoms with van der Waals surface area (Å²) >= 11 is 0. The lowest BCUT2D eigenvalue weighted by molar-refractivity contribution is -0.202. The summed E-state index contributed by atoms with van der Waals surface area (Å²) < 4.78 is 53.0. The van der Waals surface area contributed by atoms with Gasteiger partial charge in [0.2, 0.25) is 0 Å². The lowest BCUT2D eigenvalue weighted by Gasteiger charge is -2.45. The van der Waals surface area contributed by atoms with Crippen molar-refractivity contribution >= 4 is 33.3 Å². The van der Waals surface area contributed by atoms with Gasteiger partial charge in [-0.05, 0) is 72.5 Å². The van der Waals surface area contributed by atoms with Crippen LogP contribution in [0.2, 0.25) is 72.5 Å². The second kappa shape index (κ2) is 15.5. The van der Waals surface area contributed by atoms with E-state index in [-0.39, 0.29) is 20.2 Å². The van der Waals surface area contributed by atoms with Crippen molar-refractivity contribution in [3.8, 4) is 0 Å². The van der Waals surface area contributed by atoms with E-state index in [1.807, 2.05) is 0 Å². The maximum absolute atomic E-state index is 12.3. The Morgan fingerprint density at radius 1 is 0.420 bits per heavy atom. The maximum Gasteiger partial charge on any atom is 0.192 e. The Hall–Kier alpha value is 0.468. The molecule has 2 N–H and O–H groups in total. The standard InChI is InChI=1S/C36H78O10Si4/c1-33(2,3)47(15,16)43-27-25(41-31(39-13)29(27)45-49(19,20)35(7,8)9)23(37)24(38)26-28(44-48(17,18)34(4,5)6)30(32(40-14)42-26)46-50(21,22)36(10,11)12/h23-32,37-38H,1-22H3/t23-,24+,25-,26-,27+,28+,29+,30+,31+,32+/m1/s1. The van der Waals surface area contributed by atoms with Crippen molar-refractivity contribution in [1.29, 1.82) is 0 Å². The second-order valence-electron chi connectivity index (χ2n) is 20.8. The number of rotatable bonds is 13. The van der Waals surface area contributed by atoms with E-state index in [2.05, 4.69) is 135 Å². The molecule has 0 amide bonds. The number of methoxy groups -OCH3 is 2. The minimum Gasteiger partial charge on any atom is -0.408 e. The molecule has 0 aromatic carbocycles. The molecule has 10 atom stereocenters. The first-order valence-corrected chi connectivity index (χ1v) is 30.1. The van der Waals surface area contributed by atoms with Gasteiger partial charge in [0.15, 0.2) is 45.8 Å². The van der Waals surface area contributed by atoms with Crippen LogP contribution in [-0.4, -0.2) is 119 Å². The van der Waals surface area contributed by atoms with Crippen LogP contribution in [0.3, 0.4) is 0 Å². The maximum atomic E-state index is 12.3. The van der Waals surface area contributed by atoms with Crippen LogP contribution in [0.4, 0.5) is 0 Å². The van der Waals surface area contributed by atoms with Gasteiger partial charge in [0, 0.05) is 14.2 Å². The van der Waals surface area contributed by atoms with Gasteiger partial charge in [-0.15, -0.1) is 0 Å². The monoisotopic (exact) mass is 782 g/mol. The number of aliphatic hydroxyl groups excluding tert-OH is 2. The summed E-state index contributed by atoms with van der Waals surface area (Å²) in [5, 5.41) is 24.1. The molecule has 0 bridgehead atoms. The molecule has 2 rings (SSSR count). The largest absolute Gasteiger partial charge is 0.408 e. The fourth-order valence-electron chi connectivity index (χ4n) is 5.20. The van der Waals surface area contributed by atoms with Gasteiger partial charge < -0.3 is 46.9 Å². The molecule has 0 aromatic heterocycles. The fourth-order valence-corrected chi connectivity index (χ4v) is 10.4. The van der Waals surface area contributed by atoms with E-state index in [1.54, 1.807) is 14.2 Å². The molecule has 2 aliphatic heterocycles. The molecule has 10 nitrogen and oxygen atoms in total. The zero-order valence-electron chi connectivity index (χ0n) is 35.9. The van der Waals surface area contributed by atoms with E-state index >= 15 is 0 Å². The lowest BCUT2D eigenvalue weighted by atomic mass is 9.95. The zero-order valence-corrected chi connectivity index (χ0v) is 39.9. The Bertz CT molecular complexity index is 1020. The highest BCUT2D eigenvalue weighted by molar-refractivity contribution is 6.75. The molecule has 2 heterocycles. The molecule has 0 radical (unpaired) electrons. The predicted molar refractivity (Wildman–Crippen MR) is 212 cm³/mol. The molecule has 14 heteroatoms. The van der Waals surface area contributed by atoms with Gasteiger partial charge in [0.05, 0.1) is 0 Å². The van der Waals surface area contributed by atoms with Gasteiger partial charge in [-0.2, -0.15) is 0 Å². The third-order valence-corrected chi connectivity index (χ3v) is 30.7. The Kier molecular flexibility index (Phi) is 14.5. The van der Waals surface area contributed by atoms with E-state index in [0.717, 1.165) is 0 Å². The molecule has 0 spiro atoms. The normalized spacial score (nSPS) is 31.0. The molecule has 0 unspecified atom stereocenters. The minimum absolute atomic E-state index is 0.0939. The summed E-state index contributed by atoms with van der Waals surface area (Å²) in [4.78, 5) is 0. The van der Waals surface area contributed by atoms with Crippen LogP contribution in [0, 0.1) is 0 Å². The summed E-state index contributed by atoms with van der Waals surface area (Å²) in [5.74, 6) is 0. The number of hydrogen-bond donors (Lipinski definition) is 2. The van der Waals surface area contributed by atoms with Crippen LogP contribution in [0.1, 0.15) is 83.1 Å². The molecule has 2 saturated heterocycles. The Morgan fingerprint density at radius 3 is 0.800 bits per heavy atom. The third-order valence-electron chi connectivity index (χ3n) is 12.8. The first-order chi connectivity index (χ1) is 22.1. The first-order valence-electron chi connectivity index (χ1n) is 18.5. The summed E-state index contributed by atoms with van der Waals surface area (Å²) in [6.07, 6.45) is -9.10. The van der Waals surface area contributed by atoms with Crippen molar-refractivity contribution in [2.75, 3.05) is 14.2 Å². The summed E-state index contributed by atoms with van der Waals surface area (Å²) in [5.41, 5.74) is 0. The molecular formula is C36H78O10Si4. The topological polar surface area (TPSA) is 114 Å². The second-order valence-corrected chi connectivity index (χ2v) is 39.8. The van der Waals surface area contributed by atoms with Crippen molar-refractivity contribution in [3.63, 3.8) is 0 Å². The Labute approximate surface area is 310 Å². The zero-order chi connectivity index (χ0) is 39.4. The summed E-state index contributed by atoms with van der Waals surface area (Å²) in [6, 6.07) is 0.